The molecule has 2 heterocycles. The van der Waals surface area contributed by atoms with Gasteiger partial charge in [-0.3, -0.25) is 4.79 Å². The number of phenolic OH excluding ortho intramolecular Hbond substituents is 1. The number of hydrogen-bond donors (Lipinski definition) is 3. The van der Waals surface area contributed by atoms with Crippen LogP contribution in [-0.4, -0.2) is 33.7 Å². The standard InChI is InChI=1S/C37H38N4O6/c1-22(2)32-35-39-29(20-38)33(46-35)27(26-13-9-10-14-30(26)42)19-25-17-24(15-16-31(25)45-21-23-11-7-6-8-12-23)18-28(34(43)41-32)40-36(44)47-37(3,4)5/h6-17,19,22,28,32,42H,18,21H2,1-5H3,(H,40,44)(H,41,43)/b27-19-/t28-,32+/m1/s1. The van der Waals surface area contributed by atoms with E-state index in [1.165, 1.54) is 0 Å². The van der Waals surface area contributed by atoms with Crippen molar-refractivity contribution in [2.45, 2.75) is 65.3 Å². The molecule has 47 heavy (non-hydrogen) atoms. The van der Waals surface area contributed by atoms with Gasteiger partial charge < -0.3 is 29.6 Å². The number of carbonyl (C=O) groups excluding carboxylic acids is 2. The third kappa shape index (κ3) is 8.00. The molecular weight excluding hydrogens is 596 g/mol. The summed E-state index contributed by atoms with van der Waals surface area (Å²) >= 11 is 0. The molecule has 0 aliphatic carbocycles. The topological polar surface area (TPSA) is 147 Å². The van der Waals surface area contributed by atoms with Crippen LogP contribution in [-0.2, 0) is 22.6 Å². The maximum Gasteiger partial charge on any atom is 0.408 e. The highest BCUT2D eigenvalue weighted by Gasteiger charge is 2.32. The first-order chi connectivity index (χ1) is 22.4. The number of benzene rings is 3. The molecule has 242 valence electrons. The van der Waals surface area contributed by atoms with Crippen molar-refractivity contribution in [1.82, 2.24) is 15.6 Å². The Morgan fingerprint density at radius 2 is 1.85 bits per heavy atom. The second kappa shape index (κ2) is 13.8. The molecule has 3 aromatic carbocycles. The fourth-order valence-electron chi connectivity index (χ4n) is 5.22. The lowest BCUT2D eigenvalue weighted by atomic mass is 9.96. The van der Waals surface area contributed by atoms with Gasteiger partial charge in [0.1, 0.15) is 41.9 Å². The number of phenols is 1. The fourth-order valence-corrected chi connectivity index (χ4v) is 5.22. The largest absolute Gasteiger partial charge is 0.507 e. The van der Waals surface area contributed by atoms with Crippen molar-refractivity contribution in [2.24, 2.45) is 5.92 Å². The Kier molecular flexibility index (Phi) is 9.66. The highest BCUT2D eigenvalue weighted by atomic mass is 16.6. The van der Waals surface area contributed by atoms with Gasteiger partial charge in [0.05, 0.1) is 0 Å². The van der Waals surface area contributed by atoms with Gasteiger partial charge in [-0.25, -0.2) is 9.78 Å². The van der Waals surface area contributed by atoms with Gasteiger partial charge in [0.15, 0.2) is 11.5 Å². The summed E-state index contributed by atoms with van der Waals surface area (Å²) in [6, 6.07) is 22.3. The summed E-state index contributed by atoms with van der Waals surface area (Å²) in [5, 5.41) is 26.9. The number of para-hydroxylation sites is 1. The molecule has 0 saturated heterocycles. The monoisotopic (exact) mass is 634 g/mol. The van der Waals surface area contributed by atoms with Crippen molar-refractivity contribution < 1.29 is 28.6 Å². The van der Waals surface area contributed by atoms with Crippen molar-refractivity contribution >= 4 is 23.6 Å². The Balaban J connectivity index is 1.71. The molecule has 0 unspecified atom stereocenters. The second-order valence-corrected chi connectivity index (χ2v) is 12.7. The number of nitriles is 1. The number of fused-ring (bicyclic) bond motifs is 4. The van der Waals surface area contributed by atoms with Crippen LogP contribution in [0.25, 0.3) is 11.6 Å². The highest BCUT2D eigenvalue weighted by Crippen LogP contribution is 2.38. The molecule has 1 aliphatic heterocycles. The minimum atomic E-state index is -1.03. The normalized spacial score (nSPS) is 17.6. The molecule has 0 spiro atoms. The Morgan fingerprint density at radius 1 is 1.13 bits per heavy atom. The maximum atomic E-state index is 13.9. The summed E-state index contributed by atoms with van der Waals surface area (Å²) in [5.41, 5.74) is 2.29. The van der Waals surface area contributed by atoms with E-state index < -0.39 is 29.7 Å². The summed E-state index contributed by atoms with van der Waals surface area (Å²) in [5.74, 6) is 0.0467. The lowest BCUT2D eigenvalue weighted by molar-refractivity contribution is -0.124. The Labute approximate surface area is 274 Å². The summed E-state index contributed by atoms with van der Waals surface area (Å²) in [6.45, 7) is 9.28. The third-order valence-electron chi connectivity index (χ3n) is 7.48. The van der Waals surface area contributed by atoms with Crippen molar-refractivity contribution in [2.75, 3.05) is 0 Å². The molecule has 1 aliphatic rings. The van der Waals surface area contributed by atoms with Crippen molar-refractivity contribution in [3.63, 3.8) is 0 Å². The number of aromatic nitrogens is 1. The number of nitrogens with one attached hydrogen (secondary N) is 2. The summed E-state index contributed by atoms with van der Waals surface area (Å²) in [4.78, 5) is 31.3. The molecule has 0 saturated carbocycles. The first-order valence-electron chi connectivity index (χ1n) is 15.4. The first kappa shape index (κ1) is 32.8. The molecule has 0 fully saturated rings. The van der Waals surface area contributed by atoms with E-state index in [2.05, 4.69) is 21.7 Å². The minimum Gasteiger partial charge on any atom is -0.507 e. The molecule has 2 amide bonds. The van der Waals surface area contributed by atoms with Gasteiger partial charge in [0, 0.05) is 23.1 Å². The van der Waals surface area contributed by atoms with E-state index in [1.54, 1.807) is 57.2 Å². The molecule has 2 atom stereocenters. The van der Waals surface area contributed by atoms with E-state index in [4.69, 9.17) is 13.9 Å². The van der Waals surface area contributed by atoms with E-state index in [1.807, 2.05) is 56.3 Å². The molecule has 4 bridgehead atoms. The van der Waals surface area contributed by atoms with Crippen LogP contribution < -0.4 is 15.4 Å². The Hall–Kier alpha value is -5.56. The van der Waals surface area contributed by atoms with Gasteiger partial charge in [-0.15, -0.1) is 0 Å². The van der Waals surface area contributed by atoms with Crippen LogP contribution in [0.2, 0.25) is 0 Å². The predicted octanol–water partition coefficient (Wildman–Crippen LogP) is 6.68. The SMILES string of the molecule is CC(C)[C@@H]1NC(=O)[C@H](NC(=O)OC(C)(C)C)Cc2ccc(OCc3ccccc3)c(c2)/C=C(/c2ccccc2O)c2oc1nc2C#N. The first-order valence-corrected chi connectivity index (χ1v) is 15.4. The van der Waals surface area contributed by atoms with Gasteiger partial charge in [-0.1, -0.05) is 68.4 Å². The summed E-state index contributed by atoms with van der Waals surface area (Å²) in [7, 11) is 0. The number of rotatable bonds is 6. The van der Waals surface area contributed by atoms with Crippen molar-refractivity contribution in [1.29, 1.82) is 5.26 Å². The van der Waals surface area contributed by atoms with Crippen LogP contribution in [0.5, 0.6) is 11.5 Å². The van der Waals surface area contributed by atoms with Gasteiger partial charge in [-0.05, 0) is 62.1 Å². The average molecular weight is 635 g/mol. The number of nitrogens with zero attached hydrogens (tertiary/aromatic N) is 2. The van der Waals surface area contributed by atoms with Gasteiger partial charge in [-0.2, -0.15) is 5.26 Å². The van der Waals surface area contributed by atoms with Crippen LogP contribution in [0, 0.1) is 17.2 Å². The molecule has 10 heteroatoms. The van der Waals surface area contributed by atoms with E-state index in [-0.39, 0.29) is 42.0 Å². The number of carbonyl (C=O) groups is 2. The van der Waals surface area contributed by atoms with Gasteiger partial charge in [0.2, 0.25) is 11.8 Å². The molecule has 10 nitrogen and oxygen atoms in total. The molecule has 0 radical (unpaired) electrons. The summed E-state index contributed by atoms with van der Waals surface area (Å²) < 4.78 is 18.1. The van der Waals surface area contributed by atoms with Gasteiger partial charge in [0.25, 0.3) is 0 Å². The second-order valence-electron chi connectivity index (χ2n) is 12.7. The molecule has 4 aromatic rings. The highest BCUT2D eigenvalue weighted by molar-refractivity contribution is 5.94. The molecule has 5 rings (SSSR count). The number of aromatic hydroxyl groups is 1. The van der Waals surface area contributed by atoms with E-state index in [0.717, 1.165) is 11.1 Å². The number of ether oxygens (including phenoxy) is 2. The van der Waals surface area contributed by atoms with Crippen molar-refractivity contribution in [3.05, 3.63) is 112 Å². The van der Waals surface area contributed by atoms with Gasteiger partial charge >= 0.3 is 6.09 Å². The quantitative estimate of drug-likeness (QED) is 0.213. The minimum absolute atomic E-state index is 0.0159. The molecular formula is C37H38N4O6. The van der Waals surface area contributed by atoms with E-state index >= 15 is 0 Å². The molecule has 3 N–H and O–H groups in total. The predicted molar refractivity (Wildman–Crippen MR) is 176 cm³/mol. The fraction of sp³-hybridized carbons (Fsp3) is 0.297. The Morgan fingerprint density at radius 3 is 2.53 bits per heavy atom. The lowest BCUT2D eigenvalue weighted by Gasteiger charge is -2.26. The van der Waals surface area contributed by atoms with Crippen molar-refractivity contribution in [3.8, 4) is 17.6 Å². The van der Waals surface area contributed by atoms with Crippen LogP contribution in [0.3, 0.4) is 0 Å². The van der Waals surface area contributed by atoms with Crippen LogP contribution in [0.1, 0.15) is 80.3 Å². The zero-order valence-corrected chi connectivity index (χ0v) is 27.0. The Bertz CT molecular complexity index is 1830. The van der Waals surface area contributed by atoms with E-state index in [0.29, 0.717) is 22.4 Å². The number of amides is 2. The number of alkyl carbamates (subject to hydrolysis) is 1. The number of hydrogen-bond acceptors (Lipinski definition) is 8. The zero-order valence-electron chi connectivity index (χ0n) is 27.0. The lowest BCUT2D eigenvalue weighted by Crippen LogP contribution is -2.50. The van der Waals surface area contributed by atoms with Crippen LogP contribution >= 0.6 is 0 Å². The van der Waals surface area contributed by atoms with Crippen LogP contribution in [0.15, 0.2) is 77.2 Å². The maximum absolute atomic E-state index is 13.9. The smallest absolute Gasteiger partial charge is 0.408 e. The van der Waals surface area contributed by atoms with E-state index in [9.17, 15) is 20.0 Å². The average Bonchev–Trinajstić information content (AvgIpc) is 3.45. The zero-order chi connectivity index (χ0) is 33.7. The molecule has 1 aromatic heterocycles. The van der Waals surface area contributed by atoms with Crippen LogP contribution in [0.4, 0.5) is 4.79 Å². The third-order valence-corrected chi connectivity index (χ3v) is 7.48. The number of oxazole rings is 1. The summed E-state index contributed by atoms with van der Waals surface area (Å²) in [6.07, 6.45) is 1.16.